The summed E-state index contributed by atoms with van der Waals surface area (Å²) in [6.07, 6.45) is 5.95. The van der Waals surface area contributed by atoms with Gasteiger partial charge in [-0.05, 0) is 41.8 Å². The molecule has 1 amide bonds. The fourth-order valence-electron chi connectivity index (χ4n) is 3.32. The Bertz CT molecular complexity index is 932. The van der Waals surface area contributed by atoms with Gasteiger partial charge in [0.2, 0.25) is 11.0 Å². The summed E-state index contributed by atoms with van der Waals surface area (Å²) in [7, 11) is 0. The number of rotatable bonds is 7. The first-order valence-electron chi connectivity index (χ1n) is 9.66. The largest absolute Gasteiger partial charge is 0.355 e. The van der Waals surface area contributed by atoms with Crippen LogP contribution in [-0.4, -0.2) is 54.4 Å². The fraction of sp³-hybridized carbons (Fsp3) is 0.588. The summed E-state index contributed by atoms with van der Waals surface area (Å²) in [5, 5.41) is 28.5. The minimum Gasteiger partial charge on any atom is -0.355 e. The Hall–Kier alpha value is -2.69. The van der Waals surface area contributed by atoms with Gasteiger partial charge in [0.05, 0.1) is 0 Å². The fourth-order valence-corrected chi connectivity index (χ4v) is 4.10. The minimum atomic E-state index is -0.0274. The SMILES string of the molecule is CCCCCc1nnc(NC(=O)C2CCN(c3ccc4nnnn4n3)CC2)s1. The first-order chi connectivity index (χ1) is 13.7. The Morgan fingerprint density at radius 1 is 1.21 bits per heavy atom. The van der Waals surface area contributed by atoms with Crippen LogP contribution in [0.15, 0.2) is 12.1 Å². The lowest BCUT2D eigenvalue weighted by Gasteiger charge is -2.31. The van der Waals surface area contributed by atoms with Gasteiger partial charge in [-0.3, -0.25) is 4.79 Å². The maximum Gasteiger partial charge on any atom is 0.229 e. The van der Waals surface area contributed by atoms with Crippen molar-refractivity contribution in [3.05, 3.63) is 17.1 Å². The van der Waals surface area contributed by atoms with Gasteiger partial charge in [0.15, 0.2) is 11.5 Å². The number of anilines is 2. The van der Waals surface area contributed by atoms with Crippen molar-refractivity contribution in [1.29, 1.82) is 0 Å². The van der Waals surface area contributed by atoms with Crippen molar-refractivity contribution in [3.8, 4) is 0 Å². The lowest BCUT2D eigenvalue weighted by Crippen LogP contribution is -2.38. The zero-order chi connectivity index (χ0) is 19.3. The van der Waals surface area contributed by atoms with Crippen LogP contribution in [0.25, 0.3) is 5.65 Å². The number of nitrogens with one attached hydrogen (secondary N) is 1. The molecule has 0 bridgehead atoms. The Labute approximate surface area is 166 Å². The Morgan fingerprint density at radius 3 is 2.89 bits per heavy atom. The van der Waals surface area contributed by atoms with E-state index in [0.717, 1.165) is 49.6 Å². The van der Waals surface area contributed by atoms with Crippen LogP contribution in [-0.2, 0) is 11.2 Å². The number of amides is 1. The van der Waals surface area contributed by atoms with Gasteiger partial charge < -0.3 is 10.2 Å². The molecule has 11 heteroatoms. The van der Waals surface area contributed by atoms with Crippen molar-refractivity contribution in [2.75, 3.05) is 23.3 Å². The van der Waals surface area contributed by atoms with E-state index >= 15 is 0 Å². The van der Waals surface area contributed by atoms with Crippen LogP contribution >= 0.6 is 11.3 Å². The minimum absolute atomic E-state index is 0.0274. The number of tetrazole rings is 1. The molecule has 4 heterocycles. The summed E-state index contributed by atoms with van der Waals surface area (Å²) in [4.78, 5) is 14.7. The highest BCUT2D eigenvalue weighted by Crippen LogP contribution is 2.24. The number of fused-ring (bicyclic) bond motifs is 1. The third-order valence-electron chi connectivity index (χ3n) is 4.94. The molecule has 0 aromatic carbocycles. The van der Waals surface area contributed by atoms with Crippen molar-refractivity contribution in [3.63, 3.8) is 0 Å². The zero-order valence-electron chi connectivity index (χ0n) is 15.8. The Balaban J connectivity index is 1.29. The van der Waals surface area contributed by atoms with Crippen molar-refractivity contribution in [2.24, 2.45) is 5.92 Å². The lowest BCUT2D eigenvalue weighted by atomic mass is 9.96. The standard InChI is InChI=1S/C17H23N9OS/c1-2-3-4-5-15-20-21-17(28-15)18-16(27)12-8-10-25(11-9-12)14-7-6-13-19-23-24-26(13)22-14/h6-7,12H,2-5,8-11H2,1H3,(H,18,21,27). The zero-order valence-corrected chi connectivity index (χ0v) is 16.6. The molecule has 0 spiro atoms. The molecule has 0 atom stereocenters. The number of carbonyl (C=O) groups is 1. The molecular formula is C17H23N9OS. The summed E-state index contributed by atoms with van der Waals surface area (Å²) in [5.74, 6) is 0.819. The second kappa shape index (κ2) is 8.55. The molecule has 3 aromatic heterocycles. The maximum atomic E-state index is 12.6. The normalized spacial score (nSPS) is 15.2. The van der Waals surface area contributed by atoms with E-state index in [4.69, 9.17) is 0 Å². The molecule has 1 N–H and O–H groups in total. The number of carbonyl (C=O) groups excluding carboxylic acids is 1. The van der Waals surface area contributed by atoms with E-state index in [2.05, 4.69) is 48.0 Å². The number of aromatic nitrogens is 7. The van der Waals surface area contributed by atoms with Crippen LogP contribution in [0.1, 0.15) is 44.0 Å². The van der Waals surface area contributed by atoms with Crippen LogP contribution < -0.4 is 10.2 Å². The summed E-state index contributed by atoms with van der Waals surface area (Å²) < 4.78 is 1.42. The third kappa shape index (κ3) is 4.24. The molecule has 0 saturated carbocycles. The maximum absolute atomic E-state index is 12.6. The molecule has 1 fully saturated rings. The van der Waals surface area contributed by atoms with Gasteiger partial charge in [0, 0.05) is 25.4 Å². The van der Waals surface area contributed by atoms with E-state index < -0.39 is 0 Å². The molecule has 3 aromatic rings. The summed E-state index contributed by atoms with van der Waals surface area (Å²) in [6.45, 7) is 3.70. The Morgan fingerprint density at radius 2 is 2.07 bits per heavy atom. The van der Waals surface area contributed by atoms with Crippen LogP contribution in [0.2, 0.25) is 0 Å². The van der Waals surface area contributed by atoms with Crippen LogP contribution in [0.4, 0.5) is 10.9 Å². The number of piperidine rings is 1. The molecule has 0 radical (unpaired) electrons. The van der Waals surface area contributed by atoms with Gasteiger partial charge in [-0.1, -0.05) is 31.1 Å². The van der Waals surface area contributed by atoms with E-state index in [-0.39, 0.29) is 11.8 Å². The second-order valence-corrected chi connectivity index (χ2v) is 7.99. The van der Waals surface area contributed by atoms with Gasteiger partial charge in [-0.25, -0.2) is 0 Å². The monoisotopic (exact) mass is 401 g/mol. The average molecular weight is 402 g/mol. The van der Waals surface area contributed by atoms with Gasteiger partial charge in [-0.15, -0.1) is 25.0 Å². The number of unbranched alkanes of at least 4 members (excludes halogenated alkanes) is 2. The van der Waals surface area contributed by atoms with E-state index in [1.165, 1.54) is 28.8 Å². The molecule has 0 aliphatic carbocycles. The smallest absolute Gasteiger partial charge is 0.229 e. The molecule has 1 aliphatic rings. The number of hydrogen-bond donors (Lipinski definition) is 1. The van der Waals surface area contributed by atoms with Crippen molar-refractivity contribution in [2.45, 2.75) is 45.4 Å². The average Bonchev–Trinajstić information content (AvgIpc) is 3.37. The first kappa shape index (κ1) is 18.7. The molecule has 1 aliphatic heterocycles. The van der Waals surface area contributed by atoms with Crippen molar-refractivity contribution < 1.29 is 4.79 Å². The van der Waals surface area contributed by atoms with Gasteiger partial charge in [0.1, 0.15) is 5.01 Å². The number of nitrogens with zero attached hydrogens (tertiary/aromatic N) is 8. The summed E-state index contributed by atoms with van der Waals surface area (Å²) in [5.41, 5.74) is 0.615. The molecule has 1 saturated heterocycles. The predicted molar refractivity (Wildman–Crippen MR) is 105 cm³/mol. The highest BCUT2D eigenvalue weighted by atomic mass is 32.1. The van der Waals surface area contributed by atoms with E-state index in [0.29, 0.717) is 10.8 Å². The van der Waals surface area contributed by atoms with E-state index in [1.54, 1.807) is 0 Å². The van der Waals surface area contributed by atoms with Gasteiger partial charge in [0.25, 0.3) is 0 Å². The predicted octanol–water partition coefficient (Wildman–Crippen LogP) is 1.96. The van der Waals surface area contributed by atoms with Crippen LogP contribution in [0.3, 0.4) is 0 Å². The molecule has 28 heavy (non-hydrogen) atoms. The van der Waals surface area contributed by atoms with Crippen molar-refractivity contribution in [1.82, 2.24) is 35.5 Å². The van der Waals surface area contributed by atoms with Gasteiger partial charge >= 0.3 is 0 Å². The summed E-state index contributed by atoms with van der Waals surface area (Å²) in [6, 6.07) is 3.75. The van der Waals surface area contributed by atoms with Crippen LogP contribution in [0.5, 0.6) is 0 Å². The van der Waals surface area contributed by atoms with Crippen molar-refractivity contribution >= 4 is 33.8 Å². The molecule has 4 rings (SSSR count). The third-order valence-corrected chi connectivity index (χ3v) is 5.83. The summed E-state index contributed by atoms with van der Waals surface area (Å²) >= 11 is 1.48. The Kier molecular flexibility index (Phi) is 5.70. The second-order valence-electron chi connectivity index (χ2n) is 6.93. The van der Waals surface area contributed by atoms with Gasteiger partial charge in [-0.2, -0.15) is 0 Å². The molecule has 0 unspecified atom stereocenters. The molecule has 10 nitrogen and oxygen atoms in total. The highest BCUT2D eigenvalue weighted by molar-refractivity contribution is 7.15. The molecular weight excluding hydrogens is 378 g/mol. The van der Waals surface area contributed by atoms with E-state index in [9.17, 15) is 4.79 Å². The molecule has 148 valence electrons. The van der Waals surface area contributed by atoms with E-state index in [1.807, 2.05) is 12.1 Å². The lowest BCUT2D eigenvalue weighted by molar-refractivity contribution is -0.120. The highest BCUT2D eigenvalue weighted by Gasteiger charge is 2.26. The topological polar surface area (TPSA) is 114 Å². The number of aryl methyl sites for hydroxylation is 1. The van der Waals surface area contributed by atoms with Crippen LogP contribution in [0, 0.1) is 5.92 Å². The number of hydrogen-bond acceptors (Lipinski definition) is 9. The first-order valence-corrected chi connectivity index (χ1v) is 10.5. The quantitative estimate of drug-likeness (QED) is 0.598.